The SMILES string of the molecule is CC(=O)Nc1ccc[n+](CC(=O)c2ccc(F)cc2)c1. The van der Waals surface area contributed by atoms with Crippen molar-refractivity contribution in [3.05, 3.63) is 60.2 Å². The van der Waals surface area contributed by atoms with Crippen LogP contribution in [0.3, 0.4) is 0 Å². The monoisotopic (exact) mass is 273 g/mol. The lowest BCUT2D eigenvalue weighted by Gasteiger charge is -2.01. The molecular weight excluding hydrogens is 259 g/mol. The number of ketones is 1. The predicted molar refractivity (Wildman–Crippen MR) is 71.7 cm³/mol. The van der Waals surface area contributed by atoms with Crippen LogP contribution < -0.4 is 9.88 Å². The van der Waals surface area contributed by atoms with Crippen molar-refractivity contribution in [3.63, 3.8) is 0 Å². The largest absolute Gasteiger partial charge is 0.321 e. The quantitative estimate of drug-likeness (QED) is 0.684. The number of amides is 1. The van der Waals surface area contributed by atoms with E-state index in [1.807, 2.05) is 0 Å². The smallest absolute Gasteiger partial charge is 0.227 e. The Balaban J connectivity index is 2.11. The van der Waals surface area contributed by atoms with Gasteiger partial charge in [0.25, 0.3) is 0 Å². The van der Waals surface area contributed by atoms with Crippen molar-refractivity contribution in [2.45, 2.75) is 13.5 Å². The molecule has 0 saturated heterocycles. The maximum absolute atomic E-state index is 12.8. The molecule has 0 radical (unpaired) electrons. The summed E-state index contributed by atoms with van der Waals surface area (Å²) in [6, 6.07) is 8.90. The van der Waals surface area contributed by atoms with E-state index in [4.69, 9.17) is 0 Å². The van der Waals surface area contributed by atoms with Gasteiger partial charge in [0.15, 0.2) is 12.4 Å². The number of carbonyl (C=O) groups is 2. The molecule has 1 amide bonds. The number of nitrogens with one attached hydrogen (secondary N) is 1. The molecule has 0 fully saturated rings. The van der Waals surface area contributed by atoms with Crippen molar-refractivity contribution in [2.75, 3.05) is 5.32 Å². The van der Waals surface area contributed by atoms with Gasteiger partial charge in [-0.25, -0.2) is 4.39 Å². The Morgan fingerprint density at radius 2 is 1.90 bits per heavy atom. The lowest BCUT2D eigenvalue weighted by Crippen LogP contribution is -2.37. The number of pyridine rings is 1. The second-order valence-electron chi connectivity index (χ2n) is 4.38. The third kappa shape index (κ3) is 3.71. The molecule has 5 heteroatoms. The normalized spacial score (nSPS) is 10.1. The molecule has 0 atom stereocenters. The highest BCUT2D eigenvalue weighted by Crippen LogP contribution is 2.05. The lowest BCUT2D eigenvalue weighted by molar-refractivity contribution is -0.682. The predicted octanol–water partition coefficient (Wildman–Crippen LogP) is 1.95. The number of rotatable bonds is 4. The molecule has 0 aliphatic heterocycles. The average molecular weight is 273 g/mol. The minimum Gasteiger partial charge on any atom is -0.321 e. The zero-order valence-corrected chi connectivity index (χ0v) is 11.0. The van der Waals surface area contributed by atoms with Gasteiger partial charge in [-0.1, -0.05) is 0 Å². The second kappa shape index (κ2) is 6.06. The van der Waals surface area contributed by atoms with E-state index in [1.54, 1.807) is 29.1 Å². The van der Waals surface area contributed by atoms with Crippen LogP contribution in [0.15, 0.2) is 48.8 Å². The number of Topliss-reactive ketones (excluding diaryl/α,β-unsaturated/α-hetero) is 1. The minimum atomic E-state index is -0.373. The molecular formula is C15H14FN2O2+. The van der Waals surface area contributed by atoms with Crippen molar-refractivity contribution in [2.24, 2.45) is 0 Å². The van der Waals surface area contributed by atoms with Crippen LogP contribution in [-0.2, 0) is 11.3 Å². The van der Waals surface area contributed by atoms with Crippen LogP contribution in [0.2, 0.25) is 0 Å². The van der Waals surface area contributed by atoms with Gasteiger partial charge in [0.2, 0.25) is 18.2 Å². The van der Waals surface area contributed by atoms with Gasteiger partial charge in [-0.15, -0.1) is 0 Å². The summed E-state index contributed by atoms with van der Waals surface area (Å²) in [5.74, 6) is -0.676. The van der Waals surface area contributed by atoms with Crippen LogP contribution in [0.1, 0.15) is 17.3 Å². The Morgan fingerprint density at radius 3 is 2.55 bits per heavy atom. The fourth-order valence-corrected chi connectivity index (χ4v) is 1.79. The number of anilines is 1. The summed E-state index contributed by atoms with van der Waals surface area (Å²) in [5.41, 5.74) is 1.07. The van der Waals surface area contributed by atoms with Crippen LogP contribution in [-0.4, -0.2) is 11.7 Å². The lowest BCUT2D eigenvalue weighted by atomic mass is 10.1. The van der Waals surface area contributed by atoms with Gasteiger partial charge in [-0.2, -0.15) is 4.57 Å². The summed E-state index contributed by atoms with van der Waals surface area (Å²) in [7, 11) is 0. The van der Waals surface area contributed by atoms with Crippen molar-refractivity contribution < 1.29 is 18.5 Å². The van der Waals surface area contributed by atoms with E-state index in [1.165, 1.54) is 31.2 Å². The summed E-state index contributed by atoms with van der Waals surface area (Å²) < 4.78 is 14.5. The van der Waals surface area contributed by atoms with Crippen molar-refractivity contribution in [1.29, 1.82) is 0 Å². The topological polar surface area (TPSA) is 50.1 Å². The standard InChI is InChI=1S/C15H13FN2O2/c1-11(19)17-14-3-2-8-18(9-14)10-15(20)12-4-6-13(16)7-5-12/h2-9H,10H2,1H3/p+1. The van der Waals surface area contributed by atoms with Crippen LogP contribution in [0.25, 0.3) is 0 Å². The molecule has 102 valence electrons. The molecule has 1 heterocycles. The Hall–Kier alpha value is -2.56. The van der Waals surface area contributed by atoms with E-state index in [0.29, 0.717) is 11.3 Å². The third-order valence-corrected chi connectivity index (χ3v) is 2.67. The molecule has 2 rings (SSSR count). The van der Waals surface area contributed by atoms with Crippen LogP contribution >= 0.6 is 0 Å². The first-order chi connectivity index (χ1) is 9.54. The fraction of sp³-hybridized carbons (Fsp3) is 0.133. The average Bonchev–Trinajstić information content (AvgIpc) is 2.39. The molecule has 0 aliphatic carbocycles. The number of halogens is 1. The van der Waals surface area contributed by atoms with Gasteiger partial charge in [0.1, 0.15) is 11.5 Å². The minimum absolute atomic E-state index is 0.124. The highest BCUT2D eigenvalue weighted by molar-refractivity contribution is 5.95. The Morgan fingerprint density at radius 1 is 1.20 bits per heavy atom. The Kier molecular flexibility index (Phi) is 4.20. The van der Waals surface area contributed by atoms with E-state index < -0.39 is 0 Å². The van der Waals surface area contributed by atoms with Gasteiger partial charge in [0.05, 0.1) is 0 Å². The summed E-state index contributed by atoms with van der Waals surface area (Å²) >= 11 is 0. The first-order valence-corrected chi connectivity index (χ1v) is 6.10. The molecule has 0 bridgehead atoms. The molecule has 2 aromatic rings. The Bertz CT molecular complexity index is 639. The van der Waals surface area contributed by atoms with E-state index in [-0.39, 0.29) is 24.1 Å². The van der Waals surface area contributed by atoms with Gasteiger partial charge in [-0.05, 0) is 30.3 Å². The third-order valence-electron chi connectivity index (χ3n) is 2.67. The highest BCUT2D eigenvalue weighted by atomic mass is 19.1. The van der Waals surface area contributed by atoms with Crippen LogP contribution in [0, 0.1) is 5.82 Å². The van der Waals surface area contributed by atoms with E-state index in [0.717, 1.165) is 0 Å². The molecule has 1 aromatic carbocycles. The van der Waals surface area contributed by atoms with E-state index in [2.05, 4.69) is 5.32 Å². The highest BCUT2D eigenvalue weighted by Gasteiger charge is 2.12. The van der Waals surface area contributed by atoms with E-state index in [9.17, 15) is 14.0 Å². The van der Waals surface area contributed by atoms with Crippen LogP contribution in [0.4, 0.5) is 10.1 Å². The number of hydrogen-bond acceptors (Lipinski definition) is 2. The van der Waals surface area contributed by atoms with Gasteiger partial charge >= 0.3 is 0 Å². The van der Waals surface area contributed by atoms with Gasteiger partial charge in [0, 0.05) is 18.6 Å². The van der Waals surface area contributed by atoms with Crippen molar-refractivity contribution in [3.8, 4) is 0 Å². The number of benzene rings is 1. The molecule has 20 heavy (non-hydrogen) atoms. The molecule has 1 aromatic heterocycles. The van der Waals surface area contributed by atoms with Gasteiger partial charge < -0.3 is 5.32 Å². The number of carbonyl (C=O) groups excluding carboxylic acids is 2. The van der Waals surface area contributed by atoms with Gasteiger partial charge in [-0.3, -0.25) is 9.59 Å². The number of nitrogens with zero attached hydrogens (tertiary/aromatic N) is 1. The zero-order valence-electron chi connectivity index (χ0n) is 11.0. The number of hydrogen-bond donors (Lipinski definition) is 1. The molecule has 0 saturated carbocycles. The maximum atomic E-state index is 12.8. The van der Waals surface area contributed by atoms with E-state index >= 15 is 0 Å². The zero-order chi connectivity index (χ0) is 14.5. The molecule has 0 spiro atoms. The first kappa shape index (κ1) is 13.9. The van der Waals surface area contributed by atoms with Crippen molar-refractivity contribution >= 4 is 17.4 Å². The first-order valence-electron chi connectivity index (χ1n) is 6.10. The number of aromatic nitrogens is 1. The summed E-state index contributed by atoms with van der Waals surface area (Å²) in [6.45, 7) is 1.54. The van der Waals surface area contributed by atoms with Crippen molar-refractivity contribution in [1.82, 2.24) is 0 Å². The summed E-state index contributed by atoms with van der Waals surface area (Å²) in [6.07, 6.45) is 3.40. The molecule has 0 aliphatic rings. The Labute approximate surface area is 115 Å². The fourth-order valence-electron chi connectivity index (χ4n) is 1.79. The summed E-state index contributed by atoms with van der Waals surface area (Å²) in [5, 5.41) is 2.65. The molecule has 0 unspecified atom stereocenters. The molecule has 4 nitrogen and oxygen atoms in total. The second-order valence-corrected chi connectivity index (χ2v) is 4.38. The molecule has 1 N–H and O–H groups in total. The summed E-state index contributed by atoms with van der Waals surface area (Å²) in [4.78, 5) is 23.0. The maximum Gasteiger partial charge on any atom is 0.227 e. The van der Waals surface area contributed by atoms with Crippen LogP contribution in [0.5, 0.6) is 0 Å².